The lowest BCUT2D eigenvalue weighted by Gasteiger charge is -2.27. The van der Waals surface area contributed by atoms with Crippen molar-refractivity contribution in [1.29, 1.82) is 0 Å². The van der Waals surface area contributed by atoms with E-state index in [9.17, 15) is 18.7 Å². The number of aromatic hydroxyl groups is 1. The fourth-order valence-electron chi connectivity index (χ4n) is 4.09. The third-order valence-corrected chi connectivity index (χ3v) is 5.48. The molecule has 6 nitrogen and oxygen atoms in total. The lowest BCUT2D eigenvalue weighted by atomic mass is 9.82. The largest absolute Gasteiger partial charge is 0.507 e. The van der Waals surface area contributed by atoms with E-state index in [4.69, 9.17) is 5.73 Å². The van der Waals surface area contributed by atoms with Crippen LogP contribution in [0.25, 0.3) is 11.3 Å². The molecule has 3 aromatic rings. The van der Waals surface area contributed by atoms with E-state index in [1.54, 1.807) is 6.20 Å². The molecular formula is C24H22F2N4O2. The average molecular weight is 436 g/mol. The van der Waals surface area contributed by atoms with Gasteiger partial charge in [-0.25, -0.2) is 13.8 Å². The molecule has 32 heavy (non-hydrogen) atoms. The molecule has 1 aliphatic rings. The molecule has 0 aliphatic heterocycles. The van der Waals surface area contributed by atoms with Crippen molar-refractivity contribution in [1.82, 2.24) is 9.97 Å². The minimum absolute atomic E-state index is 0.0578. The molecule has 2 aromatic heterocycles. The second-order valence-electron chi connectivity index (χ2n) is 7.89. The van der Waals surface area contributed by atoms with Gasteiger partial charge in [0.25, 0.3) is 5.91 Å². The third kappa shape index (κ3) is 4.36. The second kappa shape index (κ2) is 8.84. The number of nitrogens with one attached hydrogen (secondary N) is 1. The summed E-state index contributed by atoms with van der Waals surface area (Å²) in [5.41, 5.74) is 7.78. The molecule has 4 N–H and O–H groups in total. The summed E-state index contributed by atoms with van der Waals surface area (Å²) in [6, 6.07) is 7.71. The highest BCUT2D eigenvalue weighted by atomic mass is 19.1. The van der Waals surface area contributed by atoms with Crippen LogP contribution < -0.4 is 11.1 Å². The van der Waals surface area contributed by atoms with Gasteiger partial charge in [-0.05, 0) is 61.6 Å². The van der Waals surface area contributed by atoms with Crippen LogP contribution in [0.1, 0.15) is 41.7 Å². The van der Waals surface area contributed by atoms with Gasteiger partial charge < -0.3 is 16.2 Å². The number of allylic oxidation sites excluding steroid dienone is 1. The Morgan fingerprint density at radius 2 is 2.00 bits per heavy atom. The predicted molar refractivity (Wildman–Crippen MR) is 117 cm³/mol. The van der Waals surface area contributed by atoms with Crippen LogP contribution in [0.4, 0.5) is 14.5 Å². The van der Waals surface area contributed by atoms with Gasteiger partial charge in [-0.1, -0.05) is 17.7 Å². The first-order chi connectivity index (χ1) is 15.3. The molecule has 1 aromatic carbocycles. The van der Waals surface area contributed by atoms with Crippen molar-refractivity contribution in [3.05, 3.63) is 83.3 Å². The summed E-state index contributed by atoms with van der Waals surface area (Å²) in [7, 11) is 0. The highest BCUT2D eigenvalue weighted by Gasteiger charge is 2.24. The van der Waals surface area contributed by atoms with Crippen molar-refractivity contribution in [3.63, 3.8) is 0 Å². The van der Waals surface area contributed by atoms with E-state index in [2.05, 4.69) is 15.3 Å². The van der Waals surface area contributed by atoms with Gasteiger partial charge in [0.05, 0.1) is 23.1 Å². The predicted octanol–water partition coefficient (Wildman–Crippen LogP) is 4.53. The minimum Gasteiger partial charge on any atom is -0.507 e. The first-order valence-electron chi connectivity index (χ1n) is 10.2. The number of phenolic OH excluding ortho intramolecular Hbond substituents is 1. The number of aromatic nitrogens is 2. The Kier molecular flexibility index (Phi) is 5.96. The maximum absolute atomic E-state index is 14.5. The van der Waals surface area contributed by atoms with Crippen LogP contribution in [-0.4, -0.2) is 27.0 Å². The van der Waals surface area contributed by atoms with E-state index in [0.717, 1.165) is 29.7 Å². The molecule has 0 fully saturated rings. The number of halogens is 2. The highest BCUT2D eigenvalue weighted by molar-refractivity contribution is 6.03. The van der Waals surface area contributed by atoms with Crippen LogP contribution in [0.15, 0.2) is 60.4 Å². The number of phenols is 1. The van der Waals surface area contributed by atoms with Gasteiger partial charge in [0.1, 0.15) is 11.6 Å². The molecule has 164 valence electrons. The standard InChI is InChI=1S/C24H22F2N4O2/c1-13-9-14(11-15(27)10-13)16-7-8-28-12-20(16)30-24(32)23-18(26)5-6-19(29-23)22-17(25)3-2-4-21(22)31/h2-8,10,12,14-15,31H,9,11,27H2,1H3,(H,30,32)/t14-,15+/m1/s1. The second-order valence-corrected chi connectivity index (χ2v) is 7.89. The molecular weight excluding hydrogens is 414 g/mol. The van der Waals surface area contributed by atoms with Crippen molar-refractivity contribution in [2.45, 2.75) is 31.7 Å². The summed E-state index contributed by atoms with van der Waals surface area (Å²) in [5, 5.41) is 12.7. The number of anilines is 1. The number of nitrogens with zero attached hydrogens (tertiary/aromatic N) is 2. The number of nitrogens with two attached hydrogens (primary N) is 1. The number of carbonyl (C=O) groups is 1. The van der Waals surface area contributed by atoms with Crippen molar-refractivity contribution in [2.75, 3.05) is 5.32 Å². The first kappa shape index (κ1) is 21.6. The van der Waals surface area contributed by atoms with E-state index in [0.29, 0.717) is 12.1 Å². The number of rotatable bonds is 4. The van der Waals surface area contributed by atoms with E-state index in [1.807, 2.05) is 19.1 Å². The van der Waals surface area contributed by atoms with Crippen LogP contribution >= 0.6 is 0 Å². The monoisotopic (exact) mass is 436 g/mol. The summed E-state index contributed by atoms with van der Waals surface area (Å²) >= 11 is 0. The number of hydrogen-bond donors (Lipinski definition) is 3. The molecule has 0 radical (unpaired) electrons. The molecule has 1 aliphatic carbocycles. The van der Waals surface area contributed by atoms with Crippen LogP contribution in [0.5, 0.6) is 5.75 Å². The summed E-state index contributed by atoms with van der Waals surface area (Å²) < 4.78 is 28.7. The normalized spacial score (nSPS) is 18.2. The van der Waals surface area contributed by atoms with Crippen molar-refractivity contribution in [3.8, 4) is 17.0 Å². The van der Waals surface area contributed by atoms with Gasteiger partial charge in [0, 0.05) is 12.2 Å². The van der Waals surface area contributed by atoms with Crippen molar-refractivity contribution >= 4 is 11.6 Å². The molecule has 0 unspecified atom stereocenters. The van der Waals surface area contributed by atoms with Crippen molar-refractivity contribution in [2.24, 2.45) is 5.73 Å². The maximum Gasteiger partial charge on any atom is 0.277 e. The number of pyridine rings is 2. The van der Waals surface area contributed by atoms with Gasteiger partial charge in [-0.15, -0.1) is 0 Å². The lowest BCUT2D eigenvalue weighted by Crippen LogP contribution is -2.25. The fourth-order valence-corrected chi connectivity index (χ4v) is 4.09. The highest BCUT2D eigenvalue weighted by Crippen LogP contribution is 2.36. The van der Waals surface area contributed by atoms with E-state index >= 15 is 0 Å². The zero-order valence-corrected chi connectivity index (χ0v) is 17.3. The minimum atomic E-state index is -0.869. The summed E-state index contributed by atoms with van der Waals surface area (Å²) in [6.45, 7) is 2.01. The third-order valence-electron chi connectivity index (χ3n) is 5.48. The lowest BCUT2D eigenvalue weighted by molar-refractivity contribution is 0.101. The molecule has 0 spiro atoms. The Morgan fingerprint density at radius 3 is 2.75 bits per heavy atom. The Bertz CT molecular complexity index is 1190. The molecule has 0 bridgehead atoms. The summed E-state index contributed by atoms with van der Waals surface area (Å²) in [5.74, 6) is -2.69. The van der Waals surface area contributed by atoms with Gasteiger partial charge in [-0.3, -0.25) is 9.78 Å². The quantitative estimate of drug-likeness (QED) is 0.522. The van der Waals surface area contributed by atoms with Crippen molar-refractivity contribution < 1.29 is 18.7 Å². The first-order valence-corrected chi connectivity index (χ1v) is 10.2. The van der Waals surface area contributed by atoms with Gasteiger partial charge in [0.15, 0.2) is 11.5 Å². The van der Waals surface area contributed by atoms with E-state index < -0.39 is 23.2 Å². The topological polar surface area (TPSA) is 101 Å². The van der Waals surface area contributed by atoms with Gasteiger partial charge in [-0.2, -0.15) is 0 Å². The van der Waals surface area contributed by atoms with Crippen LogP contribution in [0.2, 0.25) is 0 Å². The van der Waals surface area contributed by atoms with Gasteiger partial charge in [0.2, 0.25) is 0 Å². The Morgan fingerprint density at radius 1 is 1.19 bits per heavy atom. The zero-order valence-electron chi connectivity index (χ0n) is 17.3. The van der Waals surface area contributed by atoms with Crippen LogP contribution in [0.3, 0.4) is 0 Å². The number of amides is 1. The smallest absolute Gasteiger partial charge is 0.277 e. The number of carbonyl (C=O) groups excluding carboxylic acids is 1. The molecule has 0 saturated heterocycles. The average Bonchev–Trinajstić information content (AvgIpc) is 2.74. The molecule has 8 heteroatoms. The summed E-state index contributed by atoms with van der Waals surface area (Å²) in [6.07, 6.45) is 6.65. The maximum atomic E-state index is 14.5. The Labute approximate surface area is 183 Å². The zero-order chi connectivity index (χ0) is 22.8. The van der Waals surface area contributed by atoms with Crippen LogP contribution in [0, 0.1) is 11.6 Å². The molecule has 2 atom stereocenters. The van der Waals surface area contributed by atoms with E-state index in [-0.39, 0.29) is 29.0 Å². The molecule has 4 rings (SSSR count). The van der Waals surface area contributed by atoms with Crippen LogP contribution in [-0.2, 0) is 0 Å². The molecule has 0 saturated carbocycles. The Balaban J connectivity index is 1.65. The fraction of sp³-hybridized carbons (Fsp3) is 0.208. The SMILES string of the molecule is CC1=C[C@H](N)C[C@H](c2ccncc2NC(=O)c2nc(-c3c(O)cccc3F)ccc2F)C1. The van der Waals surface area contributed by atoms with E-state index in [1.165, 1.54) is 24.4 Å². The number of benzene rings is 1. The van der Waals surface area contributed by atoms with Gasteiger partial charge >= 0.3 is 0 Å². The molecule has 1 amide bonds. The number of hydrogen-bond acceptors (Lipinski definition) is 5. The summed E-state index contributed by atoms with van der Waals surface area (Å²) in [4.78, 5) is 21.0. The molecule has 2 heterocycles. The Hall–Kier alpha value is -3.65.